The van der Waals surface area contributed by atoms with E-state index in [1.54, 1.807) is 18.3 Å². The normalized spacial score (nSPS) is 11.0. The first kappa shape index (κ1) is 19.9. The van der Waals surface area contributed by atoms with Crippen molar-refractivity contribution >= 4 is 38.8 Å². The van der Waals surface area contributed by atoms with Crippen molar-refractivity contribution in [2.45, 2.75) is 6.61 Å². The molecule has 0 heterocycles. The molecule has 1 N–H and O–H groups in total. The summed E-state index contributed by atoms with van der Waals surface area (Å²) in [5, 5.41) is 6.44. The lowest BCUT2D eigenvalue weighted by atomic mass is 10.1. The zero-order valence-corrected chi connectivity index (χ0v) is 17.7. The molecular formula is C25H19BrN2O2. The maximum absolute atomic E-state index is 12.2. The van der Waals surface area contributed by atoms with E-state index in [1.807, 2.05) is 54.6 Å². The van der Waals surface area contributed by atoms with Crippen molar-refractivity contribution in [2.24, 2.45) is 5.10 Å². The summed E-state index contributed by atoms with van der Waals surface area (Å²) >= 11 is 3.37. The van der Waals surface area contributed by atoms with Crippen molar-refractivity contribution in [3.05, 3.63) is 112 Å². The fourth-order valence-corrected chi connectivity index (χ4v) is 3.60. The Labute approximate surface area is 183 Å². The molecule has 0 aromatic heterocycles. The Hall–Kier alpha value is -3.44. The second kappa shape index (κ2) is 9.37. The number of amides is 1. The van der Waals surface area contributed by atoms with Gasteiger partial charge in [-0.2, -0.15) is 5.10 Å². The van der Waals surface area contributed by atoms with Crippen molar-refractivity contribution in [1.82, 2.24) is 5.43 Å². The standard InChI is InChI=1S/C25H19BrN2O2/c26-24-14-4-3-13-23(24)25(29)28-27-16-18-7-5-11-21(15-18)30-17-20-10-6-9-19-8-1-2-12-22(19)20/h1-16H,17H2,(H,28,29). The van der Waals surface area contributed by atoms with E-state index in [0.717, 1.165) is 21.3 Å². The topological polar surface area (TPSA) is 50.7 Å². The molecule has 0 aliphatic rings. The minimum atomic E-state index is -0.276. The molecule has 4 nitrogen and oxygen atoms in total. The van der Waals surface area contributed by atoms with Crippen LogP contribution in [0, 0.1) is 0 Å². The van der Waals surface area contributed by atoms with E-state index in [0.29, 0.717) is 12.2 Å². The second-order valence-corrected chi connectivity index (χ2v) is 7.53. The fraction of sp³-hybridized carbons (Fsp3) is 0.0400. The molecule has 0 fully saturated rings. The number of hydrogen-bond donors (Lipinski definition) is 1. The number of nitrogens with one attached hydrogen (secondary N) is 1. The number of carbonyl (C=O) groups excluding carboxylic acids is 1. The molecule has 4 aromatic carbocycles. The highest BCUT2D eigenvalue weighted by Gasteiger charge is 2.07. The molecule has 0 bridgehead atoms. The van der Waals surface area contributed by atoms with E-state index >= 15 is 0 Å². The summed E-state index contributed by atoms with van der Waals surface area (Å²) in [6, 6.07) is 29.3. The van der Waals surface area contributed by atoms with Gasteiger partial charge in [0.25, 0.3) is 5.91 Å². The van der Waals surface area contributed by atoms with Crippen LogP contribution in [0.1, 0.15) is 21.5 Å². The average molecular weight is 459 g/mol. The van der Waals surface area contributed by atoms with Crippen LogP contribution in [0.15, 0.2) is 101 Å². The van der Waals surface area contributed by atoms with E-state index in [-0.39, 0.29) is 5.91 Å². The van der Waals surface area contributed by atoms with Gasteiger partial charge in [0.15, 0.2) is 0 Å². The Morgan fingerprint density at radius 2 is 1.70 bits per heavy atom. The van der Waals surface area contributed by atoms with Crippen LogP contribution in [0.2, 0.25) is 0 Å². The van der Waals surface area contributed by atoms with Crippen molar-refractivity contribution in [3.8, 4) is 5.75 Å². The minimum Gasteiger partial charge on any atom is -0.489 e. The van der Waals surface area contributed by atoms with Crippen LogP contribution in [0.25, 0.3) is 10.8 Å². The Morgan fingerprint density at radius 3 is 2.60 bits per heavy atom. The number of ether oxygens (including phenoxy) is 1. The molecule has 0 unspecified atom stereocenters. The molecule has 0 saturated carbocycles. The highest BCUT2D eigenvalue weighted by molar-refractivity contribution is 9.10. The molecule has 1 amide bonds. The highest BCUT2D eigenvalue weighted by atomic mass is 79.9. The summed E-state index contributed by atoms with van der Waals surface area (Å²) in [5.41, 5.74) is 5.04. The second-order valence-electron chi connectivity index (χ2n) is 6.68. The van der Waals surface area contributed by atoms with Crippen LogP contribution in [-0.2, 0) is 6.61 Å². The highest BCUT2D eigenvalue weighted by Crippen LogP contribution is 2.21. The average Bonchev–Trinajstić information content (AvgIpc) is 2.78. The van der Waals surface area contributed by atoms with E-state index < -0.39 is 0 Å². The molecule has 5 heteroatoms. The number of rotatable bonds is 6. The number of fused-ring (bicyclic) bond motifs is 1. The number of hydrazone groups is 1. The SMILES string of the molecule is O=C(NN=Cc1cccc(OCc2cccc3ccccc23)c1)c1ccccc1Br. The maximum atomic E-state index is 12.2. The van der Waals surface area contributed by atoms with Gasteiger partial charge < -0.3 is 4.74 Å². The summed E-state index contributed by atoms with van der Waals surface area (Å²) in [5.74, 6) is 0.464. The molecule has 0 aliphatic heterocycles. The van der Waals surface area contributed by atoms with Crippen LogP contribution >= 0.6 is 15.9 Å². The molecule has 0 radical (unpaired) electrons. The summed E-state index contributed by atoms with van der Waals surface area (Å²) in [6.45, 7) is 0.473. The predicted octanol–water partition coefficient (Wildman–Crippen LogP) is 5.95. The predicted molar refractivity (Wildman–Crippen MR) is 124 cm³/mol. The van der Waals surface area contributed by atoms with Crippen molar-refractivity contribution < 1.29 is 9.53 Å². The molecule has 148 valence electrons. The number of benzene rings is 4. The molecular weight excluding hydrogens is 440 g/mol. The largest absolute Gasteiger partial charge is 0.489 e. The van der Waals surface area contributed by atoms with Crippen molar-refractivity contribution in [1.29, 1.82) is 0 Å². The molecule has 0 aliphatic carbocycles. The third kappa shape index (κ3) is 4.75. The van der Waals surface area contributed by atoms with Gasteiger partial charge >= 0.3 is 0 Å². The van der Waals surface area contributed by atoms with Gasteiger partial charge in [0.2, 0.25) is 0 Å². The molecule has 30 heavy (non-hydrogen) atoms. The van der Waals surface area contributed by atoms with Crippen LogP contribution in [0.4, 0.5) is 0 Å². The van der Waals surface area contributed by atoms with Gasteiger partial charge in [0, 0.05) is 4.47 Å². The first-order chi connectivity index (χ1) is 14.7. The quantitative estimate of drug-likeness (QED) is 0.286. The van der Waals surface area contributed by atoms with Gasteiger partial charge in [0.1, 0.15) is 12.4 Å². The Bertz CT molecular complexity index is 1220. The zero-order chi connectivity index (χ0) is 20.8. The number of carbonyl (C=O) groups is 1. The van der Waals surface area contributed by atoms with E-state index in [1.165, 1.54) is 10.8 Å². The lowest BCUT2D eigenvalue weighted by Gasteiger charge is -2.09. The first-order valence-electron chi connectivity index (χ1n) is 9.48. The first-order valence-corrected chi connectivity index (χ1v) is 10.3. The van der Waals surface area contributed by atoms with E-state index in [2.05, 4.69) is 50.7 Å². The zero-order valence-electron chi connectivity index (χ0n) is 16.1. The van der Waals surface area contributed by atoms with Crippen LogP contribution < -0.4 is 10.2 Å². The van der Waals surface area contributed by atoms with Gasteiger partial charge in [-0.05, 0) is 62.1 Å². The van der Waals surface area contributed by atoms with Gasteiger partial charge in [-0.3, -0.25) is 4.79 Å². The van der Waals surface area contributed by atoms with Gasteiger partial charge in [-0.25, -0.2) is 5.43 Å². The third-order valence-electron chi connectivity index (χ3n) is 4.63. The molecule has 0 saturated heterocycles. The number of nitrogens with zero attached hydrogens (tertiary/aromatic N) is 1. The van der Waals surface area contributed by atoms with Crippen LogP contribution in [0.3, 0.4) is 0 Å². The summed E-state index contributed by atoms with van der Waals surface area (Å²) in [4.78, 5) is 12.2. The van der Waals surface area contributed by atoms with Gasteiger partial charge in [-0.15, -0.1) is 0 Å². The lowest BCUT2D eigenvalue weighted by molar-refractivity contribution is 0.0954. The molecule has 4 rings (SSSR count). The Balaban J connectivity index is 1.41. The minimum absolute atomic E-state index is 0.276. The van der Waals surface area contributed by atoms with Crippen LogP contribution in [-0.4, -0.2) is 12.1 Å². The van der Waals surface area contributed by atoms with E-state index in [4.69, 9.17) is 4.74 Å². The molecule has 0 spiro atoms. The number of hydrogen-bond acceptors (Lipinski definition) is 3. The summed E-state index contributed by atoms with van der Waals surface area (Å²) in [6.07, 6.45) is 1.60. The fourth-order valence-electron chi connectivity index (χ4n) is 3.14. The van der Waals surface area contributed by atoms with Crippen molar-refractivity contribution in [2.75, 3.05) is 0 Å². The van der Waals surface area contributed by atoms with Gasteiger partial charge in [0.05, 0.1) is 11.8 Å². The van der Waals surface area contributed by atoms with Crippen molar-refractivity contribution in [3.63, 3.8) is 0 Å². The van der Waals surface area contributed by atoms with E-state index in [9.17, 15) is 4.79 Å². The Kier molecular flexibility index (Phi) is 6.20. The molecule has 4 aromatic rings. The summed E-state index contributed by atoms with van der Waals surface area (Å²) < 4.78 is 6.72. The number of halogens is 1. The maximum Gasteiger partial charge on any atom is 0.272 e. The van der Waals surface area contributed by atoms with Crippen LogP contribution in [0.5, 0.6) is 5.75 Å². The third-order valence-corrected chi connectivity index (χ3v) is 5.32. The smallest absolute Gasteiger partial charge is 0.272 e. The monoisotopic (exact) mass is 458 g/mol. The lowest BCUT2D eigenvalue weighted by Crippen LogP contribution is -2.18. The summed E-state index contributed by atoms with van der Waals surface area (Å²) in [7, 11) is 0. The Morgan fingerprint density at radius 1 is 0.933 bits per heavy atom. The van der Waals surface area contributed by atoms with Gasteiger partial charge in [-0.1, -0.05) is 66.7 Å². The molecule has 0 atom stereocenters.